The third-order valence-electron chi connectivity index (χ3n) is 4.55. The number of likely N-dealkylation sites (tertiary alicyclic amines) is 1. The van der Waals surface area contributed by atoms with Crippen LogP contribution in [0.4, 0.5) is 5.69 Å². The number of anilines is 1. The van der Waals surface area contributed by atoms with E-state index in [1.165, 1.54) is 16.8 Å². The van der Waals surface area contributed by atoms with Crippen molar-refractivity contribution in [2.45, 2.75) is 12.3 Å². The van der Waals surface area contributed by atoms with E-state index in [1.807, 2.05) is 18.2 Å². The SMILES string of the molecule is CN1C[C@H](c2cc(=O)n3[nH]cc(C(=O)Nc4ccccc4)c3n2)CC1=O. The van der Waals surface area contributed by atoms with Gasteiger partial charge in [0.1, 0.15) is 5.56 Å². The van der Waals surface area contributed by atoms with E-state index in [1.54, 1.807) is 24.1 Å². The third kappa shape index (κ3) is 2.75. The Hall–Kier alpha value is -3.42. The summed E-state index contributed by atoms with van der Waals surface area (Å²) in [5.74, 6) is -0.489. The molecule has 2 amide bonds. The number of amides is 2. The highest BCUT2D eigenvalue weighted by molar-refractivity contribution is 6.08. The van der Waals surface area contributed by atoms with Crippen LogP contribution in [0.5, 0.6) is 0 Å². The Morgan fingerprint density at radius 2 is 2.04 bits per heavy atom. The predicted molar refractivity (Wildman–Crippen MR) is 95.2 cm³/mol. The molecule has 1 atom stereocenters. The summed E-state index contributed by atoms with van der Waals surface area (Å²) in [5, 5.41) is 5.54. The molecule has 0 spiro atoms. The molecular weight excluding hydrogens is 334 g/mol. The van der Waals surface area contributed by atoms with Gasteiger partial charge in [0.2, 0.25) is 5.91 Å². The Kier molecular flexibility index (Phi) is 3.80. The van der Waals surface area contributed by atoms with Gasteiger partial charge in [0.05, 0.1) is 5.69 Å². The summed E-state index contributed by atoms with van der Waals surface area (Å²) in [6.45, 7) is 0.511. The number of fused-ring (bicyclic) bond motifs is 1. The van der Waals surface area contributed by atoms with E-state index < -0.39 is 0 Å². The van der Waals surface area contributed by atoms with E-state index >= 15 is 0 Å². The van der Waals surface area contributed by atoms with Crippen molar-refractivity contribution in [3.63, 3.8) is 0 Å². The summed E-state index contributed by atoms with van der Waals surface area (Å²) in [4.78, 5) is 42.9. The molecular formula is C18H17N5O3. The first-order chi connectivity index (χ1) is 12.5. The first-order valence-electron chi connectivity index (χ1n) is 8.24. The fourth-order valence-corrected chi connectivity index (χ4v) is 3.16. The maximum absolute atomic E-state index is 12.6. The van der Waals surface area contributed by atoms with Gasteiger partial charge in [0.15, 0.2) is 5.65 Å². The van der Waals surface area contributed by atoms with Gasteiger partial charge in [0.25, 0.3) is 11.5 Å². The van der Waals surface area contributed by atoms with Crippen molar-refractivity contribution in [2.75, 3.05) is 18.9 Å². The molecule has 26 heavy (non-hydrogen) atoms. The lowest BCUT2D eigenvalue weighted by Crippen LogP contribution is -2.21. The number of nitrogens with one attached hydrogen (secondary N) is 2. The van der Waals surface area contributed by atoms with E-state index in [4.69, 9.17) is 0 Å². The molecule has 1 aliphatic heterocycles. The van der Waals surface area contributed by atoms with Crippen LogP contribution in [-0.2, 0) is 4.79 Å². The van der Waals surface area contributed by atoms with Crippen LogP contribution in [-0.4, -0.2) is 44.9 Å². The maximum atomic E-state index is 12.6. The minimum absolute atomic E-state index is 0.0214. The molecule has 132 valence electrons. The Bertz CT molecular complexity index is 1050. The fraction of sp³-hybridized carbons (Fsp3) is 0.222. The summed E-state index contributed by atoms with van der Waals surface area (Å²) in [5.41, 5.74) is 1.39. The maximum Gasteiger partial charge on any atom is 0.272 e. The molecule has 1 saturated heterocycles. The molecule has 1 aromatic carbocycles. The van der Waals surface area contributed by atoms with Crippen molar-refractivity contribution in [3.8, 4) is 0 Å². The first kappa shape index (κ1) is 16.1. The van der Waals surface area contributed by atoms with Crippen molar-refractivity contribution in [3.05, 3.63) is 64.2 Å². The molecule has 1 aliphatic rings. The predicted octanol–water partition coefficient (Wildman–Crippen LogP) is 1.22. The highest BCUT2D eigenvalue weighted by Crippen LogP contribution is 2.25. The smallest absolute Gasteiger partial charge is 0.272 e. The van der Waals surface area contributed by atoms with E-state index in [2.05, 4.69) is 15.4 Å². The van der Waals surface area contributed by atoms with Crippen molar-refractivity contribution in [2.24, 2.45) is 0 Å². The average Bonchev–Trinajstić information content (AvgIpc) is 3.20. The van der Waals surface area contributed by atoms with Crippen LogP contribution >= 0.6 is 0 Å². The molecule has 8 nitrogen and oxygen atoms in total. The molecule has 0 saturated carbocycles. The summed E-state index contributed by atoms with van der Waals surface area (Å²) in [6, 6.07) is 10.5. The van der Waals surface area contributed by atoms with Crippen molar-refractivity contribution in [1.82, 2.24) is 19.5 Å². The van der Waals surface area contributed by atoms with Crippen LogP contribution in [0.1, 0.15) is 28.4 Å². The molecule has 2 N–H and O–H groups in total. The zero-order chi connectivity index (χ0) is 18.3. The highest BCUT2D eigenvalue weighted by atomic mass is 16.2. The van der Waals surface area contributed by atoms with Crippen LogP contribution in [0.3, 0.4) is 0 Å². The zero-order valence-corrected chi connectivity index (χ0v) is 14.1. The largest absolute Gasteiger partial charge is 0.345 e. The van der Waals surface area contributed by atoms with E-state index in [9.17, 15) is 14.4 Å². The second-order valence-electron chi connectivity index (χ2n) is 6.36. The number of aromatic nitrogens is 3. The lowest BCUT2D eigenvalue weighted by Gasteiger charge is -2.10. The monoisotopic (exact) mass is 351 g/mol. The minimum atomic E-state index is -0.362. The topological polar surface area (TPSA) is 99.6 Å². The van der Waals surface area contributed by atoms with Gasteiger partial charge in [-0.15, -0.1) is 0 Å². The normalized spacial score (nSPS) is 17.0. The number of aromatic amines is 1. The molecule has 2 aromatic heterocycles. The molecule has 0 aliphatic carbocycles. The average molecular weight is 351 g/mol. The van der Waals surface area contributed by atoms with Crippen molar-refractivity contribution >= 4 is 23.1 Å². The molecule has 8 heteroatoms. The van der Waals surface area contributed by atoms with Gasteiger partial charge >= 0.3 is 0 Å². The second kappa shape index (κ2) is 6.14. The van der Waals surface area contributed by atoms with Gasteiger partial charge in [-0.3, -0.25) is 19.5 Å². The van der Waals surface area contributed by atoms with Crippen molar-refractivity contribution < 1.29 is 9.59 Å². The molecule has 3 heterocycles. The van der Waals surface area contributed by atoms with Gasteiger partial charge in [0, 0.05) is 43.9 Å². The number of likely N-dealkylation sites (N-methyl/N-ethyl adjacent to an activating group) is 1. The quantitative estimate of drug-likeness (QED) is 0.741. The standard InChI is InChI=1S/C18H17N5O3/c1-22-10-11(7-15(22)24)14-8-16(25)23-17(21-14)13(9-19-23)18(26)20-12-5-3-2-4-6-12/h2-6,8-9,11,19H,7,10H2,1H3,(H,20,26)/t11-/m1/s1. The second-order valence-corrected chi connectivity index (χ2v) is 6.36. The number of rotatable bonds is 3. The van der Waals surface area contributed by atoms with Crippen LogP contribution in [0, 0.1) is 0 Å². The van der Waals surface area contributed by atoms with E-state index in [0.717, 1.165) is 0 Å². The van der Waals surface area contributed by atoms with Crippen LogP contribution < -0.4 is 10.9 Å². The van der Waals surface area contributed by atoms with Crippen LogP contribution in [0.15, 0.2) is 47.4 Å². The number of carbonyl (C=O) groups is 2. The lowest BCUT2D eigenvalue weighted by molar-refractivity contribution is -0.126. The lowest BCUT2D eigenvalue weighted by atomic mass is 10.0. The van der Waals surface area contributed by atoms with Gasteiger partial charge in [-0.1, -0.05) is 18.2 Å². The third-order valence-corrected chi connectivity index (χ3v) is 4.55. The van der Waals surface area contributed by atoms with Gasteiger partial charge in [-0.2, -0.15) is 0 Å². The zero-order valence-electron chi connectivity index (χ0n) is 14.1. The van der Waals surface area contributed by atoms with Crippen molar-refractivity contribution in [1.29, 1.82) is 0 Å². The summed E-state index contributed by atoms with van der Waals surface area (Å²) >= 11 is 0. The van der Waals surface area contributed by atoms with Gasteiger partial charge in [-0.25, -0.2) is 9.50 Å². The molecule has 1 fully saturated rings. The molecule has 0 unspecified atom stereocenters. The van der Waals surface area contributed by atoms with Gasteiger partial charge in [-0.05, 0) is 12.1 Å². The molecule has 0 radical (unpaired) electrons. The summed E-state index contributed by atoms with van der Waals surface area (Å²) in [6.07, 6.45) is 1.77. The number of benzene rings is 1. The van der Waals surface area contributed by atoms with E-state index in [0.29, 0.717) is 24.3 Å². The number of hydrogen-bond donors (Lipinski definition) is 2. The van der Waals surface area contributed by atoms with Gasteiger partial charge < -0.3 is 10.2 Å². The molecule has 0 bridgehead atoms. The number of nitrogens with zero attached hydrogens (tertiary/aromatic N) is 3. The van der Waals surface area contributed by atoms with Crippen LogP contribution in [0.25, 0.3) is 5.65 Å². The summed E-state index contributed by atoms with van der Waals surface area (Å²) < 4.78 is 1.23. The van der Waals surface area contributed by atoms with Crippen LogP contribution in [0.2, 0.25) is 0 Å². The molecule has 4 rings (SSSR count). The van der Waals surface area contributed by atoms with E-state index in [-0.39, 0.29) is 34.5 Å². The number of para-hydroxylation sites is 1. The Labute approximate surface area is 148 Å². The highest BCUT2D eigenvalue weighted by Gasteiger charge is 2.30. The minimum Gasteiger partial charge on any atom is -0.345 e. The Morgan fingerprint density at radius 3 is 2.73 bits per heavy atom. The Balaban J connectivity index is 1.71. The first-order valence-corrected chi connectivity index (χ1v) is 8.24. The summed E-state index contributed by atoms with van der Waals surface area (Å²) in [7, 11) is 1.72. The molecule has 3 aromatic rings. The number of hydrogen-bond acceptors (Lipinski definition) is 4. The Morgan fingerprint density at radius 1 is 1.27 bits per heavy atom. The fourth-order valence-electron chi connectivity index (χ4n) is 3.16. The number of carbonyl (C=O) groups excluding carboxylic acids is 2. The number of H-pyrrole nitrogens is 1.